The largest absolute Gasteiger partial charge is 0.490 e. The first-order chi connectivity index (χ1) is 12.7. The molecule has 1 amide bonds. The fourth-order valence-electron chi connectivity index (χ4n) is 2.99. The predicted molar refractivity (Wildman–Crippen MR) is 91.2 cm³/mol. The number of benzene rings is 1. The molecule has 2 aliphatic heterocycles. The average Bonchev–Trinajstić information content (AvgIpc) is 2.80. The van der Waals surface area contributed by atoms with Gasteiger partial charge >= 0.3 is 12.1 Å². The van der Waals surface area contributed by atoms with Crippen LogP contribution in [0, 0.1) is 0 Å². The van der Waals surface area contributed by atoms with Crippen LogP contribution in [-0.4, -0.2) is 53.3 Å². The van der Waals surface area contributed by atoms with E-state index in [1.807, 2.05) is 23.1 Å². The summed E-state index contributed by atoms with van der Waals surface area (Å²) >= 11 is 0. The third-order valence-electron chi connectivity index (χ3n) is 4.47. The number of carboxylic acids is 1. The molecule has 2 N–H and O–H groups in total. The molecule has 0 radical (unpaired) electrons. The Morgan fingerprint density at radius 3 is 2.41 bits per heavy atom. The van der Waals surface area contributed by atoms with Crippen LogP contribution in [0.3, 0.4) is 0 Å². The molecule has 1 aromatic rings. The number of amides is 1. The SMILES string of the molecule is C=CC(=O)N1CCC2(CC1)CNCc1ccccc1O2.O=C(O)C(F)(F)F. The Labute approximate surface area is 154 Å². The van der Waals surface area contributed by atoms with E-state index in [0.29, 0.717) is 0 Å². The maximum absolute atomic E-state index is 11.7. The van der Waals surface area contributed by atoms with Gasteiger partial charge in [-0.25, -0.2) is 4.79 Å². The summed E-state index contributed by atoms with van der Waals surface area (Å²) in [7, 11) is 0. The molecule has 6 nitrogen and oxygen atoms in total. The quantitative estimate of drug-likeness (QED) is 0.725. The maximum Gasteiger partial charge on any atom is 0.490 e. The van der Waals surface area contributed by atoms with Gasteiger partial charge in [0.15, 0.2) is 0 Å². The van der Waals surface area contributed by atoms with Crippen molar-refractivity contribution in [3.63, 3.8) is 0 Å². The van der Waals surface area contributed by atoms with Crippen LogP contribution >= 0.6 is 0 Å². The number of para-hydroxylation sites is 1. The van der Waals surface area contributed by atoms with Crippen molar-refractivity contribution in [1.82, 2.24) is 10.2 Å². The van der Waals surface area contributed by atoms with Crippen molar-refractivity contribution in [1.29, 1.82) is 0 Å². The number of ether oxygens (including phenoxy) is 1. The zero-order chi connectivity index (χ0) is 20.1. The molecule has 0 saturated carbocycles. The molecule has 1 aromatic carbocycles. The molecule has 2 heterocycles. The fourth-order valence-corrected chi connectivity index (χ4v) is 2.99. The summed E-state index contributed by atoms with van der Waals surface area (Å²) in [6.07, 6.45) is -1.98. The molecule has 27 heavy (non-hydrogen) atoms. The number of nitrogens with one attached hydrogen (secondary N) is 1. The zero-order valence-corrected chi connectivity index (χ0v) is 14.6. The molecule has 3 rings (SSSR count). The number of aliphatic carboxylic acids is 1. The molecule has 0 aliphatic carbocycles. The van der Waals surface area contributed by atoms with Crippen molar-refractivity contribution < 1.29 is 32.6 Å². The van der Waals surface area contributed by atoms with Crippen LogP contribution in [0.4, 0.5) is 13.2 Å². The van der Waals surface area contributed by atoms with E-state index < -0.39 is 12.1 Å². The van der Waals surface area contributed by atoms with Crippen LogP contribution in [0.2, 0.25) is 0 Å². The highest BCUT2D eigenvalue weighted by molar-refractivity contribution is 5.87. The van der Waals surface area contributed by atoms with Crippen LogP contribution in [0.25, 0.3) is 0 Å². The lowest BCUT2D eigenvalue weighted by molar-refractivity contribution is -0.192. The first-order valence-corrected chi connectivity index (χ1v) is 8.36. The average molecular weight is 386 g/mol. The molecule has 0 aromatic heterocycles. The van der Waals surface area contributed by atoms with E-state index >= 15 is 0 Å². The standard InChI is InChI=1S/C16H20N2O2.C2HF3O2/c1-2-15(19)18-9-7-16(8-10-18)12-17-11-13-5-3-4-6-14(13)20-16;3-2(4,5)1(6)7/h2-6,17H,1,7-12H2;(H,6,7). The fraction of sp³-hybridized carbons (Fsp3) is 0.444. The number of carbonyl (C=O) groups excluding carboxylic acids is 1. The van der Waals surface area contributed by atoms with Gasteiger partial charge in [-0.1, -0.05) is 24.8 Å². The summed E-state index contributed by atoms with van der Waals surface area (Å²) in [5.74, 6) is -1.77. The zero-order valence-electron chi connectivity index (χ0n) is 14.6. The van der Waals surface area contributed by atoms with E-state index in [9.17, 15) is 18.0 Å². The second-order valence-electron chi connectivity index (χ2n) is 6.33. The van der Waals surface area contributed by atoms with E-state index in [2.05, 4.69) is 18.0 Å². The second kappa shape index (κ2) is 8.43. The first-order valence-electron chi connectivity index (χ1n) is 8.36. The van der Waals surface area contributed by atoms with Crippen LogP contribution in [-0.2, 0) is 16.1 Å². The summed E-state index contributed by atoms with van der Waals surface area (Å²) in [4.78, 5) is 22.4. The molecular formula is C18H21F3N2O4. The number of fused-ring (bicyclic) bond motifs is 1. The summed E-state index contributed by atoms with van der Waals surface area (Å²) < 4.78 is 38.1. The number of hydrogen-bond donors (Lipinski definition) is 2. The van der Waals surface area contributed by atoms with Crippen LogP contribution in [0.15, 0.2) is 36.9 Å². The van der Waals surface area contributed by atoms with Gasteiger partial charge in [0.25, 0.3) is 0 Å². The normalized spacial score (nSPS) is 18.3. The Balaban J connectivity index is 0.000000321. The minimum absolute atomic E-state index is 0.0156. The number of rotatable bonds is 1. The molecule has 0 atom stereocenters. The van der Waals surface area contributed by atoms with Crippen molar-refractivity contribution >= 4 is 11.9 Å². The number of halogens is 3. The van der Waals surface area contributed by atoms with Gasteiger partial charge in [0.05, 0.1) is 0 Å². The Bertz CT molecular complexity index is 698. The molecule has 2 aliphatic rings. The van der Waals surface area contributed by atoms with Gasteiger partial charge in [-0.2, -0.15) is 13.2 Å². The van der Waals surface area contributed by atoms with E-state index in [1.54, 1.807) is 0 Å². The van der Waals surface area contributed by atoms with E-state index in [4.69, 9.17) is 14.6 Å². The van der Waals surface area contributed by atoms with Crippen molar-refractivity contribution in [2.24, 2.45) is 0 Å². The number of nitrogens with zero attached hydrogens (tertiary/aromatic N) is 1. The summed E-state index contributed by atoms with van der Waals surface area (Å²) in [5.41, 5.74) is 1.01. The number of carbonyl (C=O) groups is 2. The van der Waals surface area contributed by atoms with Crippen molar-refractivity contribution in [2.75, 3.05) is 19.6 Å². The van der Waals surface area contributed by atoms with Gasteiger partial charge in [-0.15, -0.1) is 0 Å². The minimum atomic E-state index is -5.08. The van der Waals surface area contributed by atoms with E-state index in [-0.39, 0.29) is 11.5 Å². The summed E-state index contributed by atoms with van der Waals surface area (Å²) in [5, 5.41) is 10.6. The third-order valence-corrected chi connectivity index (χ3v) is 4.47. The Hall–Kier alpha value is -2.55. The molecule has 9 heteroatoms. The van der Waals surface area contributed by atoms with Crippen molar-refractivity contribution in [2.45, 2.75) is 31.2 Å². The number of likely N-dealkylation sites (tertiary alicyclic amines) is 1. The first kappa shape index (κ1) is 20.8. The van der Waals surface area contributed by atoms with Crippen LogP contribution in [0.1, 0.15) is 18.4 Å². The lowest BCUT2D eigenvalue weighted by atomic mass is 9.91. The molecular weight excluding hydrogens is 365 g/mol. The number of alkyl halides is 3. The predicted octanol–water partition coefficient (Wildman–Crippen LogP) is 2.35. The monoisotopic (exact) mass is 386 g/mol. The minimum Gasteiger partial charge on any atom is -0.485 e. The van der Waals surface area contributed by atoms with Gasteiger partial charge in [-0.3, -0.25) is 4.79 Å². The molecule has 1 spiro atoms. The number of piperidine rings is 1. The molecule has 1 fully saturated rings. The summed E-state index contributed by atoms with van der Waals surface area (Å²) in [6.45, 7) is 6.68. The van der Waals surface area contributed by atoms with Gasteiger partial charge in [0.1, 0.15) is 11.4 Å². The third kappa shape index (κ3) is 5.46. The highest BCUT2D eigenvalue weighted by atomic mass is 19.4. The molecule has 0 unspecified atom stereocenters. The second-order valence-corrected chi connectivity index (χ2v) is 6.33. The number of hydrogen-bond acceptors (Lipinski definition) is 4. The number of carboxylic acid groups (broad SMARTS) is 1. The van der Waals surface area contributed by atoms with Crippen LogP contribution in [0.5, 0.6) is 5.75 Å². The smallest absolute Gasteiger partial charge is 0.485 e. The maximum atomic E-state index is 11.7. The molecule has 148 valence electrons. The van der Waals surface area contributed by atoms with Crippen molar-refractivity contribution in [3.8, 4) is 5.75 Å². The van der Waals surface area contributed by atoms with Gasteiger partial charge < -0.3 is 20.1 Å². The highest BCUT2D eigenvalue weighted by Crippen LogP contribution is 2.32. The van der Waals surface area contributed by atoms with Crippen LogP contribution < -0.4 is 10.1 Å². The van der Waals surface area contributed by atoms with E-state index in [0.717, 1.165) is 44.8 Å². The Morgan fingerprint density at radius 2 is 1.85 bits per heavy atom. The van der Waals surface area contributed by atoms with Gasteiger partial charge in [0.2, 0.25) is 5.91 Å². The van der Waals surface area contributed by atoms with Crippen molar-refractivity contribution in [3.05, 3.63) is 42.5 Å². The van der Waals surface area contributed by atoms with Gasteiger partial charge in [0, 0.05) is 44.6 Å². The van der Waals surface area contributed by atoms with E-state index in [1.165, 1.54) is 11.6 Å². The lowest BCUT2D eigenvalue weighted by Gasteiger charge is -2.41. The molecule has 1 saturated heterocycles. The molecule has 0 bridgehead atoms. The Morgan fingerprint density at radius 1 is 1.26 bits per heavy atom. The highest BCUT2D eigenvalue weighted by Gasteiger charge is 2.39. The summed E-state index contributed by atoms with van der Waals surface area (Å²) in [6, 6.07) is 8.17. The van der Waals surface area contributed by atoms with Gasteiger partial charge in [-0.05, 0) is 12.1 Å². The Kier molecular flexibility index (Phi) is 6.48. The lowest BCUT2D eigenvalue weighted by Crippen LogP contribution is -2.53. The topological polar surface area (TPSA) is 78.9 Å².